The Bertz CT molecular complexity index is 169. The Morgan fingerprint density at radius 2 is 2.40 bits per heavy atom. The summed E-state index contributed by atoms with van der Waals surface area (Å²) in [5.41, 5.74) is 0.718. The smallest absolute Gasteiger partial charge is 0.00609 e. The monoisotopic (exact) mass is 136 g/mol. The lowest BCUT2D eigenvalue weighted by molar-refractivity contribution is 0.233. The van der Waals surface area contributed by atoms with E-state index >= 15 is 0 Å². The third-order valence-corrected chi connectivity index (χ3v) is 3.42. The Morgan fingerprint density at radius 3 is 2.80 bits per heavy atom. The van der Waals surface area contributed by atoms with Crippen LogP contribution >= 0.6 is 0 Å². The maximum Gasteiger partial charge on any atom is -0.00609 e. The molecule has 0 aromatic heterocycles. The van der Waals surface area contributed by atoms with Crippen molar-refractivity contribution in [3.8, 4) is 0 Å². The van der Waals surface area contributed by atoms with Gasteiger partial charge in [-0.05, 0) is 36.5 Å². The lowest BCUT2D eigenvalue weighted by Crippen LogP contribution is -2.23. The predicted octanol–water partition coefficient (Wildman–Crippen LogP) is 3.00. The zero-order chi connectivity index (χ0) is 7.19. The summed E-state index contributed by atoms with van der Waals surface area (Å²) in [5, 5.41) is 0. The van der Waals surface area contributed by atoms with Crippen molar-refractivity contribution in [2.45, 2.75) is 33.1 Å². The average molecular weight is 136 g/mol. The summed E-state index contributed by atoms with van der Waals surface area (Å²) in [5.74, 6) is 2.07. The molecule has 0 bridgehead atoms. The first kappa shape index (κ1) is 6.45. The minimum absolute atomic E-state index is 0.718. The zero-order valence-corrected chi connectivity index (χ0v) is 6.93. The highest BCUT2D eigenvalue weighted by Gasteiger charge is 2.63. The van der Waals surface area contributed by atoms with Gasteiger partial charge in [0, 0.05) is 0 Å². The van der Waals surface area contributed by atoms with Crippen molar-refractivity contribution >= 4 is 0 Å². The molecule has 0 aromatic rings. The van der Waals surface area contributed by atoms with E-state index in [1.807, 2.05) is 0 Å². The quantitative estimate of drug-likeness (QED) is 0.512. The first-order chi connectivity index (χ1) is 4.79. The van der Waals surface area contributed by atoms with Crippen LogP contribution in [0.5, 0.6) is 0 Å². The Morgan fingerprint density at radius 1 is 1.60 bits per heavy atom. The highest BCUT2D eigenvalue weighted by molar-refractivity contribution is 5.23. The number of rotatable bonds is 2. The van der Waals surface area contributed by atoms with E-state index in [0.29, 0.717) is 0 Å². The molecule has 0 aliphatic heterocycles. The molecule has 2 fully saturated rings. The van der Waals surface area contributed by atoms with Gasteiger partial charge in [0.2, 0.25) is 0 Å². The molecule has 0 saturated heterocycles. The predicted molar refractivity (Wildman–Crippen MR) is 43.8 cm³/mol. The molecule has 3 atom stereocenters. The summed E-state index contributed by atoms with van der Waals surface area (Å²) in [7, 11) is 0. The number of hydrogen-bond donors (Lipinski definition) is 0. The third-order valence-electron chi connectivity index (χ3n) is 3.42. The fourth-order valence-electron chi connectivity index (χ4n) is 2.47. The first-order valence-electron chi connectivity index (χ1n) is 4.47. The summed E-state index contributed by atoms with van der Waals surface area (Å²) in [6.45, 7) is 4.61. The van der Waals surface area contributed by atoms with Gasteiger partial charge in [-0.25, -0.2) is 0 Å². The van der Waals surface area contributed by atoms with Crippen LogP contribution in [0.1, 0.15) is 33.1 Å². The van der Waals surface area contributed by atoms with Crippen LogP contribution in [0.4, 0.5) is 0 Å². The van der Waals surface area contributed by atoms with Crippen LogP contribution in [0.15, 0.2) is 12.2 Å². The van der Waals surface area contributed by atoms with E-state index in [4.69, 9.17) is 0 Å². The molecule has 0 radical (unpaired) electrons. The van der Waals surface area contributed by atoms with Crippen molar-refractivity contribution in [3.63, 3.8) is 0 Å². The second-order valence-electron chi connectivity index (χ2n) is 3.96. The van der Waals surface area contributed by atoms with Gasteiger partial charge in [0.15, 0.2) is 0 Å². The molecule has 2 aliphatic rings. The Balaban J connectivity index is 1.99. The molecule has 0 N–H and O–H groups in total. The summed E-state index contributed by atoms with van der Waals surface area (Å²) < 4.78 is 0. The molecule has 2 rings (SSSR count). The van der Waals surface area contributed by atoms with Gasteiger partial charge in [-0.1, -0.05) is 26.0 Å². The van der Waals surface area contributed by atoms with Crippen LogP contribution in [0.2, 0.25) is 0 Å². The van der Waals surface area contributed by atoms with E-state index in [2.05, 4.69) is 26.0 Å². The van der Waals surface area contributed by atoms with E-state index in [9.17, 15) is 0 Å². The lowest BCUT2D eigenvalue weighted by atomic mass is 9.74. The zero-order valence-electron chi connectivity index (χ0n) is 6.93. The summed E-state index contributed by atoms with van der Waals surface area (Å²) in [6, 6.07) is 0. The van der Waals surface area contributed by atoms with E-state index in [-0.39, 0.29) is 0 Å². The molecule has 0 nitrogen and oxygen atoms in total. The largest absolute Gasteiger partial charge is 0.0882 e. The van der Waals surface area contributed by atoms with Gasteiger partial charge in [0.1, 0.15) is 0 Å². The van der Waals surface area contributed by atoms with E-state index < -0.39 is 0 Å². The van der Waals surface area contributed by atoms with Crippen LogP contribution < -0.4 is 0 Å². The fraction of sp³-hybridized carbons (Fsp3) is 0.800. The maximum atomic E-state index is 2.48. The number of allylic oxidation sites excluding steroid dienone is 2. The molecule has 56 valence electrons. The first-order valence-corrected chi connectivity index (χ1v) is 4.47. The van der Waals surface area contributed by atoms with Crippen molar-refractivity contribution in [2.24, 2.45) is 17.3 Å². The van der Waals surface area contributed by atoms with Gasteiger partial charge < -0.3 is 0 Å². The van der Waals surface area contributed by atoms with Crippen LogP contribution in [-0.2, 0) is 0 Å². The van der Waals surface area contributed by atoms with Gasteiger partial charge in [-0.2, -0.15) is 0 Å². The van der Waals surface area contributed by atoms with Crippen molar-refractivity contribution in [1.82, 2.24) is 0 Å². The third kappa shape index (κ3) is 0.624. The van der Waals surface area contributed by atoms with Crippen molar-refractivity contribution in [3.05, 3.63) is 12.2 Å². The molecule has 0 heteroatoms. The van der Waals surface area contributed by atoms with Gasteiger partial charge in [-0.15, -0.1) is 0 Å². The molecule has 0 spiro atoms. The van der Waals surface area contributed by atoms with E-state index in [1.54, 1.807) is 0 Å². The van der Waals surface area contributed by atoms with Crippen molar-refractivity contribution in [2.75, 3.05) is 0 Å². The van der Waals surface area contributed by atoms with Crippen molar-refractivity contribution < 1.29 is 0 Å². The van der Waals surface area contributed by atoms with Crippen LogP contribution in [0, 0.1) is 17.3 Å². The summed E-state index contributed by atoms with van der Waals surface area (Å²) in [4.78, 5) is 0. The van der Waals surface area contributed by atoms with Gasteiger partial charge in [0.25, 0.3) is 0 Å². The lowest BCUT2D eigenvalue weighted by Gasteiger charge is -2.31. The van der Waals surface area contributed by atoms with E-state index in [1.165, 1.54) is 19.3 Å². The summed E-state index contributed by atoms with van der Waals surface area (Å²) in [6.07, 6.45) is 9.02. The minimum atomic E-state index is 0.718. The average Bonchev–Trinajstić information content (AvgIpc) is 2.52. The molecule has 0 amide bonds. The Hall–Kier alpha value is -0.260. The van der Waals surface area contributed by atoms with Crippen LogP contribution in [0.25, 0.3) is 0 Å². The minimum Gasteiger partial charge on any atom is -0.0882 e. The molecule has 10 heavy (non-hydrogen) atoms. The molecule has 0 aromatic carbocycles. The van der Waals surface area contributed by atoms with Crippen LogP contribution in [-0.4, -0.2) is 0 Å². The Labute approximate surface area is 63.3 Å². The topological polar surface area (TPSA) is 0 Å². The second-order valence-corrected chi connectivity index (χ2v) is 3.96. The highest BCUT2D eigenvalue weighted by Crippen LogP contribution is 2.71. The molecule has 2 aliphatic carbocycles. The van der Waals surface area contributed by atoms with Gasteiger partial charge in [-0.3, -0.25) is 0 Å². The fourth-order valence-corrected chi connectivity index (χ4v) is 2.47. The number of fused-ring (bicyclic) bond motifs is 1. The van der Waals surface area contributed by atoms with E-state index in [0.717, 1.165) is 17.3 Å². The normalized spacial score (nSPS) is 50.6. The maximum absolute atomic E-state index is 2.48. The molecular weight excluding hydrogens is 120 g/mol. The molecule has 0 heterocycles. The number of hydrogen-bond acceptors (Lipinski definition) is 0. The van der Waals surface area contributed by atoms with Crippen molar-refractivity contribution in [1.29, 1.82) is 0 Å². The highest BCUT2D eigenvalue weighted by atomic mass is 14.7. The second kappa shape index (κ2) is 1.87. The standard InChI is InChI=1S/C10H16/c1-3-4-5-10-7-9(10)6-8(10)2/h4-5,8-9H,3,6-7H2,1-2H3. The molecule has 3 unspecified atom stereocenters. The summed E-state index contributed by atoms with van der Waals surface area (Å²) >= 11 is 0. The van der Waals surface area contributed by atoms with Gasteiger partial charge >= 0.3 is 0 Å². The Kier molecular flexibility index (Phi) is 1.21. The molecule has 2 saturated carbocycles. The van der Waals surface area contributed by atoms with Crippen LogP contribution in [0.3, 0.4) is 0 Å². The van der Waals surface area contributed by atoms with Gasteiger partial charge in [0.05, 0.1) is 0 Å². The SMILES string of the molecule is CCC=CC12CC1CC2C. The molecular formula is C10H16.